The lowest BCUT2D eigenvalue weighted by Gasteiger charge is -2.18. The maximum atomic E-state index is 13.4. The summed E-state index contributed by atoms with van der Waals surface area (Å²) in [6.45, 7) is 0. The van der Waals surface area contributed by atoms with Crippen molar-refractivity contribution < 1.29 is 28.9 Å². The third kappa shape index (κ3) is 5.33. The number of esters is 1. The van der Waals surface area contributed by atoms with Crippen LogP contribution in [0, 0.1) is 0 Å². The number of benzene rings is 2. The summed E-state index contributed by atoms with van der Waals surface area (Å²) in [4.78, 5) is 44.9. The van der Waals surface area contributed by atoms with Crippen molar-refractivity contribution in [1.29, 1.82) is 0 Å². The minimum absolute atomic E-state index is 0.0415. The molecule has 0 fully saturated rings. The highest BCUT2D eigenvalue weighted by Crippen LogP contribution is 2.35. The van der Waals surface area contributed by atoms with E-state index < -0.39 is 29.5 Å². The fraction of sp³-hybridized carbons (Fsp3) is 0.200. The maximum Gasteiger partial charge on any atom is 0.357 e. The third-order valence-electron chi connectivity index (χ3n) is 5.59. The number of anilines is 1. The fourth-order valence-corrected chi connectivity index (χ4v) is 4.46. The fourth-order valence-electron chi connectivity index (χ4n) is 3.78. The van der Waals surface area contributed by atoms with E-state index in [1.165, 1.54) is 26.7 Å². The van der Waals surface area contributed by atoms with Gasteiger partial charge in [0.05, 0.1) is 21.3 Å². The highest BCUT2D eigenvalue weighted by atomic mass is 32.1. The van der Waals surface area contributed by atoms with E-state index in [9.17, 15) is 19.5 Å². The van der Waals surface area contributed by atoms with Gasteiger partial charge in [0, 0.05) is 17.4 Å². The van der Waals surface area contributed by atoms with Crippen molar-refractivity contribution in [3.8, 4) is 28.6 Å². The Morgan fingerprint density at radius 3 is 2.51 bits per heavy atom. The molecule has 0 unspecified atom stereocenters. The summed E-state index contributed by atoms with van der Waals surface area (Å²) in [6.07, 6.45) is 0.0958. The number of ether oxygens (including phenoxy) is 3. The van der Waals surface area contributed by atoms with Crippen molar-refractivity contribution in [3.63, 3.8) is 0 Å². The van der Waals surface area contributed by atoms with Gasteiger partial charge < -0.3 is 29.6 Å². The summed E-state index contributed by atoms with van der Waals surface area (Å²) in [6, 6.07) is 12.8. The number of nitrogens with zero attached hydrogens (tertiary/aromatic N) is 2. The van der Waals surface area contributed by atoms with Crippen molar-refractivity contribution in [2.45, 2.75) is 12.5 Å². The number of hydrogen-bond acceptors (Lipinski definition) is 9. The number of thiazole rings is 1. The molecule has 0 radical (unpaired) electrons. The molecule has 1 amide bonds. The van der Waals surface area contributed by atoms with Crippen LogP contribution in [0.15, 0.2) is 58.7 Å². The molecule has 0 aliphatic heterocycles. The molecule has 12 heteroatoms. The largest absolute Gasteiger partial charge is 0.493 e. The van der Waals surface area contributed by atoms with E-state index in [1.807, 2.05) is 30.3 Å². The summed E-state index contributed by atoms with van der Waals surface area (Å²) < 4.78 is 16.2. The van der Waals surface area contributed by atoms with Crippen LogP contribution in [0.3, 0.4) is 0 Å². The molecule has 0 bridgehead atoms. The molecule has 192 valence electrons. The SMILES string of the molecule is COC(=O)c1csc(NC(=O)[C@H](Cc2ccccc2)n2c(O)c(-c3ccc(OC)c(OC)c3)[nH]c2=O)n1. The van der Waals surface area contributed by atoms with Crippen LogP contribution in [-0.4, -0.2) is 52.8 Å². The standard InChI is InChI=1S/C25H24N4O7S/c1-34-18-10-9-15(12-19(18)35-2)20-22(31)29(25(33)27-20)17(11-14-7-5-4-6-8-14)21(30)28-24-26-16(13-37-24)23(32)36-3/h4-10,12-13,17,31H,11H2,1-3H3,(H,27,33)(H,26,28,30)/t17-/m0/s1. The van der Waals surface area contributed by atoms with Crippen LogP contribution in [0.25, 0.3) is 11.3 Å². The van der Waals surface area contributed by atoms with Gasteiger partial charge in [0.25, 0.3) is 0 Å². The number of carbonyl (C=O) groups excluding carboxylic acids is 2. The lowest BCUT2D eigenvalue weighted by atomic mass is 10.0. The monoisotopic (exact) mass is 524 g/mol. The zero-order valence-electron chi connectivity index (χ0n) is 20.2. The molecule has 11 nitrogen and oxygen atoms in total. The number of aromatic nitrogens is 3. The molecule has 3 N–H and O–H groups in total. The Hall–Kier alpha value is -4.58. The van der Waals surface area contributed by atoms with Gasteiger partial charge in [0.2, 0.25) is 11.8 Å². The molecule has 37 heavy (non-hydrogen) atoms. The molecule has 0 spiro atoms. The van der Waals surface area contributed by atoms with Crippen molar-refractivity contribution in [2.24, 2.45) is 0 Å². The summed E-state index contributed by atoms with van der Waals surface area (Å²) in [7, 11) is 4.20. The molecule has 1 atom stereocenters. The van der Waals surface area contributed by atoms with Gasteiger partial charge >= 0.3 is 11.7 Å². The first-order valence-electron chi connectivity index (χ1n) is 11.0. The first kappa shape index (κ1) is 25.5. The van der Waals surface area contributed by atoms with Crippen LogP contribution in [0.2, 0.25) is 0 Å². The van der Waals surface area contributed by atoms with Gasteiger partial charge in [0.1, 0.15) is 11.7 Å². The smallest absolute Gasteiger partial charge is 0.357 e. The molecule has 4 rings (SSSR count). The van der Waals surface area contributed by atoms with Gasteiger partial charge in [-0.3, -0.25) is 4.79 Å². The second-order valence-electron chi connectivity index (χ2n) is 7.79. The van der Waals surface area contributed by atoms with E-state index in [4.69, 9.17) is 9.47 Å². The quantitative estimate of drug-likeness (QED) is 0.283. The Kier molecular flexibility index (Phi) is 7.58. The Bertz CT molecular complexity index is 1480. The first-order valence-corrected chi connectivity index (χ1v) is 11.9. The Balaban J connectivity index is 1.73. The number of carbonyl (C=O) groups is 2. The van der Waals surface area contributed by atoms with Gasteiger partial charge in [0.15, 0.2) is 22.3 Å². The predicted octanol–water partition coefficient (Wildman–Crippen LogP) is 3.23. The number of hydrogen-bond donors (Lipinski definition) is 3. The van der Waals surface area contributed by atoms with E-state index in [0.29, 0.717) is 17.1 Å². The van der Waals surface area contributed by atoms with Crippen LogP contribution < -0.4 is 20.5 Å². The summed E-state index contributed by atoms with van der Waals surface area (Å²) in [5, 5.41) is 15.4. The van der Waals surface area contributed by atoms with Gasteiger partial charge in [-0.25, -0.2) is 19.1 Å². The number of aromatic amines is 1. The number of amides is 1. The highest BCUT2D eigenvalue weighted by Gasteiger charge is 2.29. The number of nitrogens with one attached hydrogen (secondary N) is 2. The molecule has 2 heterocycles. The number of H-pyrrole nitrogens is 1. The molecule has 2 aromatic carbocycles. The zero-order valence-corrected chi connectivity index (χ0v) is 21.0. The predicted molar refractivity (Wildman–Crippen MR) is 137 cm³/mol. The maximum absolute atomic E-state index is 13.4. The zero-order chi connectivity index (χ0) is 26.5. The minimum Gasteiger partial charge on any atom is -0.493 e. The average molecular weight is 525 g/mol. The van der Waals surface area contributed by atoms with Crippen molar-refractivity contribution in [1.82, 2.24) is 14.5 Å². The topological polar surface area (TPSA) is 145 Å². The van der Waals surface area contributed by atoms with Gasteiger partial charge in [-0.15, -0.1) is 11.3 Å². The highest BCUT2D eigenvalue weighted by molar-refractivity contribution is 7.14. The Morgan fingerprint density at radius 2 is 1.84 bits per heavy atom. The number of rotatable bonds is 9. The van der Waals surface area contributed by atoms with Crippen molar-refractivity contribution >= 4 is 28.3 Å². The van der Waals surface area contributed by atoms with E-state index >= 15 is 0 Å². The summed E-state index contributed by atoms with van der Waals surface area (Å²) in [5.74, 6) is -0.801. The molecular formula is C25H24N4O7S. The Labute approximate surface area is 215 Å². The summed E-state index contributed by atoms with van der Waals surface area (Å²) in [5.41, 5.74) is 0.677. The number of methoxy groups -OCH3 is 3. The lowest BCUT2D eigenvalue weighted by Crippen LogP contribution is -2.33. The molecular weight excluding hydrogens is 500 g/mol. The normalized spacial score (nSPS) is 11.5. The molecule has 0 aliphatic rings. The van der Waals surface area contributed by atoms with Crippen molar-refractivity contribution in [2.75, 3.05) is 26.6 Å². The van der Waals surface area contributed by atoms with Crippen LogP contribution in [0.4, 0.5) is 5.13 Å². The minimum atomic E-state index is -1.15. The molecule has 2 aromatic heterocycles. The van der Waals surface area contributed by atoms with E-state index in [1.54, 1.807) is 18.2 Å². The van der Waals surface area contributed by atoms with Crippen LogP contribution in [-0.2, 0) is 16.0 Å². The number of aromatic hydroxyl groups is 1. The van der Waals surface area contributed by atoms with E-state index in [2.05, 4.69) is 20.0 Å². The second-order valence-corrected chi connectivity index (χ2v) is 8.65. The second kappa shape index (κ2) is 11.0. The third-order valence-corrected chi connectivity index (χ3v) is 6.35. The average Bonchev–Trinajstić information content (AvgIpc) is 3.50. The van der Waals surface area contributed by atoms with Gasteiger partial charge in [-0.2, -0.15) is 0 Å². The Morgan fingerprint density at radius 1 is 1.11 bits per heavy atom. The summed E-state index contributed by atoms with van der Waals surface area (Å²) >= 11 is 1.03. The van der Waals surface area contributed by atoms with Crippen molar-refractivity contribution in [3.05, 3.63) is 75.7 Å². The van der Waals surface area contributed by atoms with E-state index in [0.717, 1.165) is 21.5 Å². The van der Waals surface area contributed by atoms with Gasteiger partial charge in [-0.1, -0.05) is 30.3 Å². The lowest BCUT2D eigenvalue weighted by molar-refractivity contribution is -0.119. The molecule has 0 saturated carbocycles. The molecule has 0 saturated heterocycles. The van der Waals surface area contributed by atoms with Gasteiger partial charge in [-0.05, 0) is 23.8 Å². The van der Waals surface area contributed by atoms with E-state index in [-0.39, 0.29) is 22.9 Å². The van der Waals surface area contributed by atoms with Crippen LogP contribution in [0.1, 0.15) is 22.1 Å². The van der Waals surface area contributed by atoms with Crippen LogP contribution in [0.5, 0.6) is 17.4 Å². The molecule has 4 aromatic rings. The first-order chi connectivity index (χ1) is 17.9. The molecule has 0 aliphatic carbocycles. The number of imidazole rings is 1. The van der Waals surface area contributed by atoms with Crippen LogP contribution >= 0.6 is 11.3 Å².